The van der Waals surface area contributed by atoms with Gasteiger partial charge in [0.05, 0.1) is 0 Å². The summed E-state index contributed by atoms with van der Waals surface area (Å²) in [6.07, 6.45) is 9.20. The molecular weight excluding hydrogens is 216 g/mol. The van der Waals surface area contributed by atoms with Gasteiger partial charge in [-0.15, -0.1) is 0 Å². The van der Waals surface area contributed by atoms with E-state index in [0.29, 0.717) is 6.61 Å². The van der Waals surface area contributed by atoms with Gasteiger partial charge in [0.25, 0.3) is 0 Å². The Balaban J connectivity index is 2.85. The first-order valence-corrected chi connectivity index (χ1v) is 7.18. The van der Waals surface area contributed by atoms with E-state index in [9.17, 15) is 0 Å². The molecule has 0 aliphatic carbocycles. The number of hydrogen-bond acceptors (Lipinski definition) is 3. The molecule has 3 nitrogen and oxygen atoms in total. The second-order valence-corrected chi connectivity index (χ2v) is 4.36. The molecule has 0 aromatic heterocycles. The summed E-state index contributed by atoms with van der Waals surface area (Å²) in [5.41, 5.74) is 0. The van der Waals surface area contributed by atoms with E-state index in [1.807, 2.05) is 6.92 Å². The Hall–Kier alpha value is -0.120. The van der Waals surface area contributed by atoms with E-state index in [1.54, 1.807) is 0 Å². The van der Waals surface area contributed by atoms with Crippen molar-refractivity contribution in [1.29, 1.82) is 0 Å². The first kappa shape index (κ1) is 16.9. The fourth-order valence-corrected chi connectivity index (χ4v) is 1.68. The standard InChI is InChI=1S/C14H30O3/c1-2-16-12-8-5-6-10-14-17-13-9-4-3-7-11-15/h15H,2-14H2,1H3. The fraction of sp³-hybridized carbons (Fsp3) is 1.00. The van der Waals surface area contributed by atoms with Gasteiger partial charge in [-0.25, -0.2) is 0 Å². The van der Waals surface area contributed by atoms with Crippen molar-refractivity contribution in [1.82, 2.24) is 0 Å². The average molecular weight is 246 g/mol. The lowest BCUT2D eigenvalue weighted by Gasteiger charge is -2.04. The highest BCUT2D eigenvalue weighted by atomic mass is 16.5. The maximum Gasteiger partial charge on any atom is 0.0466 e. The van der Waals surface area contributed by atoms with Gasteiger partial charge in [-0.1, -0.05) is 25.7 Å². The van der Waals surface area contributed by atoms with Gasteiger partial charge < -0.3 is 14.6 Å². The smallest absolute Gasteiger partial charge is 0.0466 e. The van der Waals surface area contributed by atoms with Crippen molar-refractivity contribution >= 4 is 0 Å². The molecule has 0 aliphatic rings. The van der Waals surface area contributed by atoms with Crippen LogP contribution in [0.4, 0.5) is 0 Å². The number of hydrogen-bond donors (Lipinski definition) is 1. The van der Waals surface area contributed by atoms with Crippen LogP contribution in [0.1, 0.15) is 58.3 Å². The second kappa shape index (κ2) is 15.9. The zero-order valence-electron chi connectivity index (χ0n) is 11.5. The zero-order chi connectivity index (χ0) is 12.6. The molecule has 0 aromatic carbocycles. The molecule has 0 amide bonds. The van der Waals surface area contributed by atoms with Gasteiger partial charge in [0.2, 0.25) is 0 Å². The summed E-state index contributed by atoms with van der Waals surface area (Å²) in [6, 6.07) is 0. The van der Waals surface area contributed by atoms with Gasteiger partial charge >= 0.3 is 0 Å². The molecule has 0 aliphatic heterocycles. The maximum absolute atomic E-state index is 8.60. The van der Waals surface area contributed by atoms with Crippen LogP contribution < -0.4 is 0 Å². The minimum Gasteiger partial charge on any atom is -0.396 e. The van der Waals surface area contributed by atoms with E-state index in [1.165, 1.54) is 32.1 Å². The zero-order valence-corrected chi connectivity index (χ0v) is 11.5. The first-order valence-electron chi connectivity index (χ1n) is 7.18. The molecule has 17 heavy (non-hydrogen) atoms. The van der Waals surface area contributed by atoms with Crippen molar-refractivity contribution in [2.45, 2.75) is 58.3 Å². The predicted octanol–water partition coefficient (Wildman–Crippen LogP) is 3.15. The van der Waals surface area contributed by atoms with Crippen LogP contribution in [-0.2, 0) is 9.47 Å². The van der Waals surface area contributed by atoms with Gasteiger partial charge in [-0.2, -0.15) is 0 Å². The first-order chi connectivity index (χ1) is 8.41. The van der Waals surface area contributed by atoms with E-state index < -0.39 is 0 Å². The molecule has 3 heteroatoms. The minimum absolute atomic E-state index is 0.322. The molecule has 0 atom stereocenters. The Labute approximate surface area is 107 Å². The number of ether oxygens (including phenoxy) is 2. The molecule has 0 fully saturated rings. The Morgan fingerprint density at radius 3 is 1.59 bits per heavy atom. The highest BCUT2D eigenvalue weighted by Crippen LogP contribution is 2.02. The van der Waals surface area contributed by atoms with E-state index in [-0.39, 0.29) is 0 Å². The van der Waals surface area contributed by atoms with Gasteiger partial charge in [-0.05, 0) is 32.6 Å². The van der Waals surface area contributed by atoms with E-state index in [0.717, 1.165) is 45.7 Å². The van der Waals surface area contributed by atoms with Crippen LogP contribution in [0.3, 0.4) is 0 Å². The summed E-state index contributed by atoms with van der Waals surface area (Å²) in [5, 5.41) is 8.60. The third kappa shape index (κ3) is 15.9. The van der Waals surface area contributed by atoms with Gasteiger partial charge in [-0.3, -0.25) is 0 Å². The van der Waals surface area contributed by atoms with Crippen molar-refractivity contribution in [3.8, 4) is 0 Å². The molecule has 104 valence electrons. The summed E-state index contributed by atoms with van der Waals surface area (Å²) in [7, 11) is 0. The summed E-state index contributed by atoms with van der Waals surface area (Å²) in [6.45, 7) is 5.87. The van der Waals surface area contributed by atoms with Crippen molar-refractivity contribution < 1.29 is 14.6 Å². The number of aliphatic hydroxyl groups is 1. The van der Waals surface area contributed by atoms with Crippen LogP contribution >= 0.6 is 0 Å². The second-order valence-electron chi connectivity index (χ2n) is 4.36. The van der Waals surface area contributed by atoms with Gasteiger partial charge in [0.15, 0.2) is 0 Å². The highest BCUT2D eigenvalue weighted by molar-refractivity contribution is 4.44. The highest BCUT2D eigenvalue weighted by Gasteiger charge is 1.92. The molecular formula is C14H30O3. The lowest BCUT2D eigenvalue weighted by molar-refractivity contribution is 0.121. The van der Waals surface area contributed by atoms with Crippen molar-refractivity contribution in [2.75, 3.05) is 33.0 Å². The van der Waals surface area contributed by atoms with E-state index in [2.05, 4.69) is 0 Å². The maximum atomic E-state index is 8.60. The van der Waals surface area contributed by atoms with E-state index in [4.69, 9.17) is 14.6 Å². The van der Waals surface area contributed by atoms with Crippen LogP contribution in [-0.4, -0.2) is 38.1 Å². The fourth-order valence-electron chi connectivity index (χ4n) is 1.68. The van der Waals surface area contributed by atoms with Crippen LogP contribution in [0.5, 0.6) is 0 Å². The number of rotatable bonds is 14. The predicted molar refractivity (Wildman–Crippen MR) is 71.3 cm³/mol. The molecule has 0 spiro atoms. The Kier molecular flexibility index (Phi) is 15.8. The largest absolute Gasteiger partial charge is 0.396 e. The summed E-state index contributed by atoms with van der Waals surface area (Å²) >= 11 is 0. The number of aliphatic hydroxyl groups excluding tert-OH is 1. The summed E-state index contributed by atoms with van der Waals surface area (Å²) in [5.74, 6) is 0. The Morgan fingerprint density at radius 2 is 1.12 bits per heavy atom. The average Bonchev–Trinajstić information content (AvgIpc) is 2.35. The third-order valence-electron chi connectivity index (χ3n) is 2.73. The molecule has 0 heterocycles. The molecule has 0 saturated carbocycles. The summed E-state index contributed by atoms with van der Waals surface area (Å²) < 4.78 is 10.8. The van der Waals surface area contributed by atoms with E-state index >= 15 is 0 Å². The molecule has 1 N–H and O–H groups in total. The quantitative estimate of drug-likeness (QED) is 0.478. The molecule has 0 rings (SSSR count). The Bertz CT molecular complexity index is 115. The van der Waals surface area contributed by atoms with Crippen LogP contribution in [0.25, 0.3) is 0 Å². The van der Waals surface area contributed by atoms with Gasteiger partial charge in [0, 0.05) is 33.0 Å². The topological polar surface area (TPSA) is 38.7 Å². The van der Waals surface area contributed by atoms with Crippen molar-refractivity contribution in [3.05, 3.63) is 0 Å². The molecule has 0 saturated heterocycles. The monoisotopic (exact) mass is 246 g/mol. The van der Waals surface area contributed by atoms with Crippen LogP contribution in [0.2, 0.25) is 0 Å². The van der Waals surface area contributed by atoms with Crippen molar-refractivity contribution in [2.24, 2.45) is 0 Å². The summed E-state index contributed by atoms with van der Waals surface area (Å²) in [4.78, 5) is 0. The molecule has 0 unspecified atom stereocenters. The lowest BCUT2D eigenvalue weighted by atomic mass is 10.2. The third-order valence-corrected chi connectivity index (χ3v) is 2.73. The molecule has 0 bridgehead atoms. The minimum atomic E-state index is 0.322. The van der Waals surface area contributed by atoms with Crippen LogP contribution in [0, 0.1) is 0 Å². The SMILES string of the molecule is CCOCCCCCCOCCCCCCO. The molecule has 0 radical (unpaired) electrons. The normalized spacial score (nSPS) is 10.9. The number of unbranched alkanes of at least 4 members (excludes halogenated alkanes) is 6. The van der Waals surface area contributed by atoms with Crippen molar-refractivity contribution in [3.63, 3.8) is 0 Å². The Morgan fingerprint density at radius 1 is 0.647 bits per heavy atom. The molecule has 0 aromatic rings. The van der Waals surface area contributed by atoms with Gasteiger partial charge in [0.1, 0.15) is 0 Å². The lowest BCUT2D eigenvalue weighted by Crippen LogP contribution is -1.98. The van der Waals surface area contributed by atoms with Crippen LogP contribution in [0.15, 0.2) is 0 Å².